The van der Waals surface area contributed by atoms with Crippen LogP contribution < -0.4 is 0 Å². The molecule has 2 aliphatic heterocycles. The first-order valence-corrected chi connectivity index (χ1v) is 20.2. The molecule has 5 aromatic rings. The van der Waals surface area contributed by atoms with E-state index in [4.69, 9.17) is 33.2 Å². The fourth-order valence-electron chi connectivity index (χ4n) is 8.29. The summed E-state index contributed by atoms with van der Waals surface area (Å²) in [6.07, 6.45) is -2.87. The van der Waals surface area contributed by atoms with Crippen LogP contribution in [0.15, 0.2) is 152 Å². The molecular weight excluding hydrogens is 747 g/mol. The molecule has 2 saturated heterocycles. The lowest BCUT2D eigenvalue weighted by Gasteiger charge is -2.53. The quantitative estimate of drug-likeness (QED) is 0.0830. The van der Waals surface area contributed by atoms with Gasteiger partial charge in [-0.15, -0.1) is 0 Å². The Morgan fingerprint density at radius 3 is 1.56 bits per heavy atom. The lowest BCUT2D eigenvalue weighted by Crippen LogP contribution is -2.71. The number of methoxy groups -OCH3 is 1. The maximum absolute atomic E-state index is 14.6. The fraction of sp³-hybridized carbons (Fsp3) is 0.347. The summed E-state index contributed by atoms with van der Waals surface area (Å²) in [6, 6.07) is 48.1. The Labute approximate surface area is 346 Å². The molecular formula is C49H53NO9. The van der Waals surface area contributed by atoms with Gasteiger partial charge in [-0.3, -0.25) is 14.5 Å². The van der Waals surface area contributed by atoms with E-state index in [1.807, 2.05) is 157 Å². The zero-order valence-corrected chi connectivity index (χ0v) is 33.7. The predicted molar refractivity (Wildman–Crippen MR) is 222 cm³/mol. The van der Waals surface area contributed by atoms with Gasteiger partial charge in [0.1, 0.15) is 42.7 Å². The van der Waals surface area contributed by atoms with Gasteiger partial charge in [0.05, 0.1) is 40.1 Å². The second-order valence-corrected chi connectivity index (χ2v) is 15.1. The summed E-state index contributed by atoms with van der Waals surface area (Å²) in [6.45, 7) is 2.91. The zero-order chi connectivity index (χ0) is 40.9. The summed E-state index contributed by atoms with van der Waals surface area (Å²) >= 11 is 0. The molecule has 2 aliphatic rings. The van der Waals surface area contributed by atoms with E-state index >= 15 is 0 Å². The highest BCUT2D eigenvalue weighted by atomic mass is 16.6. The summed E-state index contributed by atoms with van der Waals surface area (Å²) in [7, 11) is 1.38. The molecule has 7 rings (SSSR count). The van der Waals surface area contributed by atoms with Crippen LogP contribution in [-0.4, -0.2) is 79.3 Å². The molecule has 2 fully saturated rings. The lowest BCUT2D eigenvalue weighted by molar-refractivity contribution is -0.312. The summed E-state index contributed by atoms with van der Waals surface area (Å²) in [5.41, 5.74) is 3.45. The first kappa shape index (κ1) is 41.9. The molecule has 0 bridgehead atoms. The van der Waals surface area contributed by atoms with Crippen LogP contribution in [0.4, 0.5) is 0 Å². The van der Waals surface area contributed by atoms with Crippen molar-refractivity contribution in [3.63, 3.8) is 0 Å². The molecule has 0 radical (unpaired) electrons. The van der Waals surface area contributed by atoms with Crippen LogP contribution in [0.25, 0.3) is 0 Å². The third-order valence-corrected chi connectivity index (χ3v) is 11.0. The number of nitrogens with zero attached hydrogens (tertiary/aromatic N) is 1. The maximum Gasteiger partial charge on any atom is 0.326 e. The van der Waals surface area contributed by atoms with Gasteiger partial charge in [0, 0.05) is 25.9 Å². The average molecular weight is 800 g/mol. The van der Waals surface area contributed by atoms with Gasteiger partial charge >= 0.3 is 11.9 Å². The summed E-state index contributed by atoms with van der Waals surface area (Å²) < 4.78 is 46.4. The van der Waals surface area contributed by atoms with Crippen LogP contribution in [0.5, 0.6) is 0 Å². The summed E-state index contributed by atoms with van der Waals surface area (Å²) in [5.74, 6) is -0.929. The smallest absolute Gasteiger partial charge is 0.326 e. The maximum atomic E-state index is 14.6. The second-order valence-electron chi connectivity index (χ2n) is 15.1. The molecule has 2 heterocycles. The number of hydrogen-bond acceptors (Lipinski definition) is 10. The van der Waals surface area contributed by atoms with Crippen molar-refractivity contribution in [3.05, 3.63) is 179 Å². The van der Waals surface area contributed by atoms with Gasteiger partial charge in [-0.25, -0.2) is 0 Å². The third-order valence-electron chi connectivity index (χ3n) is 11.0. The molecule has 1 spiro atoms. The molecule has 7 atom stereocenters. The highest BCUT2D eigenvalue weighted by Gasteiger charge is 2.68. The van der Waals surface area contributed by atoms with Crippen LogP contribution in [0.1, 0.15) is 41.2 Å². The number of carbonyl (C=O) groups excluding carboxylic acids is 2. The summed E-state index contributed by atoms with van der Waals surface area (Å²) in [4.78, 5) is 29.0. The molecule has 0 aromatic heterocycles. The predicted octanol–water partition coefficient (Wildman–Crippen LogP) is 7.48. The molecule has 59 heavy (non-hydrogen) atoms. The van der Waals surface area contributed by atoms with E-state index in [0.29, 0.717) is 13.2 Å². The van der Waals surface area contributed by atoms with Gasteiger partial charge in [-0.2, -0.15) is 0 Å². The van der Waals surface area contributed by atoms with Crippen LogP contribution in [-0.2, 0) is 75.7 Å². The first-order chi connectivity index (χ1) is 28.9. The minimum absolute atomic E-state index is 0.0187. The molecule has 0 saturated carbocycles. The Kier molecular flexibility index (Phi) is 14.7. The minimum Gasteiger partial charge on any atom is -0.468 e. The SMILES string of the molecule is COC(=O)[C@H]1N(Cc2ccccc2)[C@H](COC(C)=O)C[C@]12OC(COCc1ccccc1)[C@@H](OCc1ccccc1)C(OCc1ccccc1)C2OCc1ccccc1. The Bertz CT molecular complexity index is 2020. The molecule has 10 heteroatoms. The Morgan fingerprint density at radius 1 is 0.610 bits per heavy atom. The van der Waals surface area contributed by atoms with Crippen molar-refractivity contribution < 1.29 is 42.7 Å². The Balaban J connectivity index is 1.35. The standard InChI is InChI=1S/C49H53NO9/c1-36(51)55-34-42-28-49(46(48(52)53-2)50(42)29-37-18-8-3-9-19-37)47(58-33-41-26-16-7-17-27-41)45(57-32-40-24-14-6-15-25-40)44(56-31-39-22-12-5-13-23-39)43(59-49)35-54-30-38-20-10-4-11-21-38/h3-27,42-47H,28-35H2,1-2H3/t42-,43?,44+,45?,46+,47?,49-/m0/s1. The number of esters is 2. The van der Waals surface area contributed by atoms with Crippen molar-refractivity contribution in [1.82, 2.24) is 4.90 Å². The number of carbonyl (C=O) groups is 2. The van der Waals surface area contributed by atoms with Crippen LogP contribution in [0.2, 0.25) is 0 Å². The van der Waals surface area contributed by atoms with E-state index in [1.165, 1.54) is 14.0 Å². The van der Waals surface area contributed by atoms with Crippen molar-refractivity contribution in [1.29, 1.82) is 0 Å². The van der Waals surface area contributed by atoms with E-state index in [0.717, 1.165) is 27.8 Å². The van der Waals surface area contributed by atoms with Gasteiger partial charge in [0.2, 0.25) is 0 Å². The van der Waals surface area contributed by atoms with Gasteiger partial charge in [-0.1, -0.05) is 152 Å². The average Bonchev–Trinajstić information content (AvgIpc) is 3.57. The van der Waals surface area contributed by atoms with Crippen LogP contribution >= 0.6 is 0 Å². The van der Waals surface area contributed by atoms with E-state index in [2.05, 4.69) is 0 Å². The number of rotatable bonds is 18. The van der Waals surface area contributed by atoms with E-state index in [-0.39, 0.29) is 39.5 Å². The molecule has 10 nitrogen and oxygen atoms in total. The zero-order valence-electron chi connectivity index (χ0n) is 33.7. The van der Waals surface area contributed by atoms with Gasteiger partial charge < -0.3 is 33.2 Å². The normalized spacial score (nSPS) is 24.2. The number of likely N-dealkylation sites (tertiary alicyclic amines) is 1. The molecule has 0 N–H and O–H groups in total. The van der Waals surface area contributed by atoms with Crippen molar-refractivity contribution in [2.45, 2.75) is 88.4 Å². The van der Waals surface area contributed by atoms with E-state index in [9.17, 15) is 9.59 Å². The van der Waals surface area contributed by atoms with E-state index in [1.54, 1.807) is 0 Å². The number of hydrogen-bond donors (Lipinski definition) is 0. The minimum atomic E-state index is -1.39. The van der Waals surface area contributed by atoms with E-state index < -0.39 is 54.0 Å². The van der Waals surface area contributed by atoms with Crippen molar-refractivity contribution in [2.24, 2.45) is 0 Å². The topological polar surface area (TPSA) is 102 Å². The van der Waals surface area contributed by atoms with Crippen molar-refractivity contribution in [3.8, 4) is 0 Å². The molecule has 0 amide bonds. The third kappa shape index (κ3) is 10.7. The monoisotopic (exact) mass is 799 g/mol. The van der Waals surface area contributed by atoms with Gasteiger partial charge in [-0.05, 0) is 27.8 Å². The Morgan fingerprint density at radius 2 is 1.07 bits per heavy atom. The van der Waals surface area contributed by atoms with Crippen molar-refractivity contribution in [2.75, 3.05) is 20.3 Å². The first-order valence-electron chi connectivity index (χ1n) is 20.2. The largest absolute Gasteiger partial charge is 0.468 e. The fourth-order valence-corrected chi connectivity index (χ4v) is 8.29. The number of benzene rings is 5. The molecule has 5 aromatic carbocycles. The van der Waals surface area contributed by atoms with Gasteiger partial charge in [0.25, 0.3) is 0 Å². The van der Waals surface area contributed by atoms with Gasteiger partial charge in [0.15, 0.2) is 0 Å². The highest BCUT2D eigenvalue weighted by molar-refractivity contribution is 5.78. The second kappa shape index (κ2) is 20.7. The number of ether oxygens (including phenoxy) is 7. The summed E-state index contributed by atoms with van der Waals surface area (Å²) in [5, 5.41) is 0. The molecule has 0 aliphatic carbocycles. The Hall–Kier alpha value is -5.20. The van der Waals surface area contributed by atoms with Crippen LogP contribution in [0, 0.1) is 0 Å². The lowest BCUT2D eigenvalue weighted by atomic mass is 9.78. The molecule has 3 unspecified atom stereocenters. The highest BCUT2D eigenvalue weighted by Crippen LogP contribution is 2.49. The van der Waals surface area contributed by atoms with Crippen LogP contribution in [0.3, 0.4) is 0 Å². The van der Waals surface area contributed by atoms with Crippen molar-refractivity contribution >= 4 is 11.9 Å². The molecule has 308 valence electrons.